The first-order chi connectivity index (χ1) is 8.31. The number of hydrogen-bond donors (Lipinski definition) is 1. The molecule has 1 atom stereocenters. The van der Waals surface area contributed by atoms with Gasteiger partial charge in [0.15, 0.2) is 17.4 Å². The van der Waals surface area contributed by atoms with Crippen LogP contribution in [0.25, 0.3) is 0 Å². The SMILES string of the molecule is CCC(C(=O)O)C(=O)c1cc(F)c(F)c(C)c1F. The summed E-state index contributed by atoms with van der Waals surface area (Å²) in [5.41, 5.74) is -1.38. The standard InChI is InChI=1S/C12H11F3O3/c1-3-6(12(17)18)11(16)7-4-8(13)10(15)5(2)9(7)14/h4,6H,3H2,1-2H3,(H,17,18). The quantitative estimate of drug-likeness (QED) is 0.514. The van der Waals surface area contributed by atoms with Crippen LogP contribution in [-0.4, -0.2) is 16.9 Å². The van der Waals surface area contributed by atoms with Crippen molar-refractivity contribution in [3.8, 4) is 0 Å². The Kier molecular flexibility index (Phi) is 4.11. The summed E-state index contributed by atoms with van der Waals surface area (Å²) in [7, 11) is 0. The highest BCUT2D eigenvalue weighted by Crippen LogP contribution is 2.22. The van der Waals surface area contributed by atoms with E-state index in [-0.39, 0.29) is 6.42 Å². The Bertz CT molecular complexity index is 512. The minimum absolute atomic E-state index is 0.0638. The molecule has 0 fully saturated rings. The lowest BCUT2D eigenvalue weighted by atomic mass is 9.93. The van der Waals surface area contributed by atoms with Crippen molar-refractivity contribution in [2.24, 2.45) is 5.92 Å². The van der Waals surface area contributed by atoms with Gasteiger partial charge < -0.3 is 5.11 Å². The zero-order valence-corrected chi connectivity index (χ0v) is 9.76. The summed E-state index contributed by atoms with van der Waals surface area (Å²) in [6, 6.07) is 0.394. The van der Waals surface area contributed by atoms with Crippen molar-refractivity contribution < 1.29 is 27.9 Å². The molecule has 3 nitrogen and oxygen atoms in total. The zero-order valence-electron chi connectivity index (χ0n) is 9.76. The van der Waals surface area contributed by atoms with Gasteiger partial charge in [-0.2, -0.15) is 0 Å². The fraction of sp³-hybridized carbons (Fsp3) is 0.333. The van der Waals surface area contributed by atoms with Gasteiger partial charge in [-0.3, -0.25) is 9.59 Å². The lowest BCUT2D eigenvalue weighted by Crippen LogP contribution is -2.24. The molecule has 0 aliphatic rings. The van der Waals surface area contributed by atoms with Crippen molar-refractivity contribution in [1.82, 2.24) is 0 Å². The number of hydrogen-bond acceptors (Lipinski definition) is 2. The molecule has 0 radical (unpaired) electrons. The van der Waals surface area contributed by atoms with Gasteiger partial charge in [-0.05, 0) is 19.4 Å². The Balaban J connectivity index is 3.34. The average molecular weight is 260 g/mol. The molecular formula is C12H11F3O3. The van der Waals surface area contributed by atoms with Crippen molar-refractivity contribution in [1.29, 1.82) is 0 Å². The van der Waals surface area contributed by atoms with Gasteiger partial charge in [0.1, 0.15) is 11.7 Å². The third-order valence-corrected chi connectivity index (χ3v) is 2.66. The lowest BCUT2D eigenvalue weighted by molar-refractivity contribution is -0.140. The van der Waals surface area contributed by atoms with E-state index < -0.39 is 46.2 Å². The maximum atomic E-state index is 13.6. The van der Waals surface area contributed by atoms with Crippen LogP contribution in [0, 0.1) is 30.3 Å². The van der Waals surface area contributed by atoms with E-state index in [4.69, 9.17) is 5.11 Å². The predicted octanol–water partition coefficient (Wildman–Crippen LogP) is 2.71. The van der Waals surface area contributed by atoms with Crippen molar-refractivity contribution >= 4 is 11.8 Å². The topological polar surface area (TPSA) is 54.4 Å². The van der Waals surface area contributed by atoms with Gasteiger partial charge in [0.2, 0.25) is 0 Å². The van der Waals surface area contributed by atoms with Crippen LogP contribution in [0.4, 0.5) is 13.2 Å². The van der Waals surface area contributed by atoms with Gasteiger partial charge >= 0.3 is 5.97 Å². The predicted molar refractivity (Wildman–Crippen MR) is 56.8 cm³/mol. The maximum absolute atomic E-state index is 13.6. The lowest BCUT2D eigenvalue weighted by Gasteiger charge is -2.11. The Labute approximate surface area is 101 Å². The van der Waals surface area contributed by atoms with E-state index in [1.807, 2.05) is 0 Å². The summed E-state index contributed by atoms with van der Waals surface area (Å²) in [6.07, 6.45) is -0.0638. The second-order valence-corrected chi connectivity index (χ2v) is 3.82. The molecule has 1 aromatic carbocycles. The van der Waals surface area contributed by atoms with Crippen molar-refractivity contribution in [3.63, 3.8) is 0 Å². The van der Waals surface area contributed by atoms with Gasteiger partial charge in [0.25, 0.3) is 0 Å². The highest BCUT2D eigenvalue weighted by molar-refractivity contribution is 6.08. The molecule has 0 aliphatic carbocycles. The smallest absolute Gasteiger partial charge is 0.314 e. The average Bonchev–Trinajstić information content (AvgIpc) is 2.31. The van der Waals surface area contributed by atoms with E-state index in [9.17, 15) is 22.8 Å². The number of carbonyl (C=O) groups excluding carboxylic acids is 1. The summed E-state index contributed by atoms with van der Waals surface area (Å²) < 4.78 is 39.8. The number of rotatable bonds is 4. The Morgan fingerprint density at radius 2 is 1.83 bits per heavy atom. The first-order valence-electron chi connectivity index (χ1n) is 5.22. The summed E-state index contributed by atoms with van der Waals surface area (Å²) in [4.78, 5) is 22.5. The molecule has 6 heteroatoms. The third kappa shape index (κ3) is 2.37. The van der Waals surface area contributed by atoms with E-state index in [2.05, 4.69) is 0 Å². The van der Waals surface area contributed by atoms with E-state index in [1.54, 1.807) is 0 Å². The number of benzene rings is 1. The highest BCUT2D eigenvalue weighted by atomic mass is 19.2. The van der Waals surface area contributed by atoms with Crippen molar-refractivity contribution in [3.05, 3.63) is 34.6 Å². The second-order valence-electron chi connectivity index (χ2n) is 3.82. The molecule has 0 saturated heterocycles. The normalized spacial score (nSPS) is 12.3. The van der Waals surface area contributed by atoms with Crippen LogP contribution in [0.1, 0.15) is 29.3 Å². The first-order valence-corrected chi connectivity index (χ1v) is 5.22. The molecule has 0 spiro atoms. The van der Waals surface area contributed by atoms with Gasteiger partial charge in [-0.25, -0.2) is 13.2 Å². The molecule has 18 heavy (non-hydrogen) atoms. The second kappa shape index (κ2) is 5.20. The number of aliphatic carboxylic acids is 1. The Hall–Kier alpha value is -1.85. The summed E-state index contributed by atoms with van der Waals surface area (Å²) in [5, 5.41) is 8.78. The number of carbonyl (C=O) groups is 2. The van der Waals surface area contributed by atoms with Gasteiger partial charge in [-0.1, -0.05) is 6.92 Å². The first kappa shape index (κ1) is 14.2. The summed E-state index contributed by atoms with van der Waals surface area (Å²) in [6.45, 7) is 2.41. The minimum atomic E-state index is -1.47. The number of halogens is 3. The van der Waals surface area contributed by atoms with E-state index in [0.717, 1.165) is 6.92 Å². The molecule has 0 amide bonds. The molecule has 1 unspecified atom stereocenters. The highest BCUT2D eigenvalue weighted by Gasteiger charge is 2.29. The number of carboxylic acid groups (broad SMARTS) is 1. The molecule has 0 bridgehead atoms. The molecule has 0 aliphatic heterocycles. The monoisotopic (exact) mass is 260 g/mol. The van der Waals surface area contributed by atoms with Gasteiger partial charge in [0.05, 0.1) is 5.56 Å². The van der Waals surface area contributed by atoms with E-state index >= 15 is 0 Å². The molecule has 1 N–H and O–H groups in total. The van der Waals surface area contributed by atoms with Crippen LogP contribution in [0.3, 0.4) is 0 Å². The van der Waals surface area contributed by atoms with Crippen LogP contribution in [-0.2, 0) is 4.79 Å². The molecule has 98 valence electrons. The fourth-order valence-electron chi connectivity index (χ4n) is 1.57. The maximum Gasteiger partial charge on any atom is 0.314 e. The number of ketones is 1. The van der Waals surface area contributed by atoms with Crippen LogP contribution < -0.4 is 0 Å². The molecular weight excluding hydrogens is 249 g/mol. The summed E-state index contributed by atoms with van der Waals surface area (Å²) in [5.74, 6) is -7.94. The van der Waals surface area contributed by atoms with Crippen LogP contribution in [0.2, 0.25) is 0 Å². The van der Waals surface area contributed by atoms with Crippen molar-refractivity contribution in [2.45, 2.75) is 20.3 Å². The van der Waals surface area contributed by atoms with Gasteiger partial charge in [0, 0.05) is 5.56 Å². The number of carboxylic acids is 1. The largest absolute Gasteiger partial charge is 0.481 e. The minimum Gasteiger partial charge on any atom is -0.481 e. The number of Topliss-reactive ketones (excluding diaryl/α,β-unsaturated/α-hetero) is 1. The van der Waals surface area contributed by atoms with Gasteiger partial charge in [-0.15, -0.1) is 0 Å². The summed E-state index contributed by atoms with van der Waals surface area (Å²) >= 11 is 0. The third-order valence-electron chi connectivity index (χ3n) is 2.66. The van der Waals surface area contributed by atoms with Crippen LogP contribution in [0.15, 0.2) is 6.07 Å². The molecule has 0 saturated carbocycles. The zero-order chi connectivity index (χ0) is 14.0. The molecule has 0 aromatic heterocycles. The van der Waals surface area contributed by atoms with Crippen molar-refractivity contribution in [2.75, 3.05) is 0 Å². The van der Waals surface area contributed by atoms with Crippen LogP contribution >= 0.6 is 0 Å². The molecule has 1 aromatic rings. The van der Waals surface area contributed by atoms with Crippen LogP contribution in [0.5, 0.6) is 0 Å². The Morgan fingerprint density at radius 3 is 2.28 bits per heavy atom. The van der Waals surface area contributed by atoms with E-state index in [1.165, 1.54) is 6.92 Å². The molecule has 0 heterocycles. The van der Waals surface area contributed by atoms with E-state index in [0.29, 0.717) is 6.07 Å². The Morgan fingerprint density at radius 1 is 1.28 bits per heavy atom. The fourth-order valence-corrected chi connectivity index (χ4v) is 1.57. The molecule has 1 rings (SSSR count).